The number of nitrogens with zero attached hydrogens (tertiary/aromatic N) is 4. The van der Waals surface area contributed by atoms with E-state index in [4.69, 9.17) is 0 Å². The van der Waals surface area contributed by atoms with Gasteiger partial charge >= 0.3 is 17.1 Å². The second-order valence-electron chi connectivity index (χ2n) is 4.97. The van der Waals surface area contributed by atoms with Crippen LogP contribution in [0, 0.1) is 0 Å². The zero-order valence-corrected chi connectivity index (χ0v) is 14.4. The van der Waals surface area contributed by atoms with E-state index in [1.54, 1.807) is 14.1 Å². The minimum absolute atomic E-state index is 0. The first-order valence-electron chi connectivity index (χ1n) is 7.28. The minimum atomic E-state index is 0. The molecule has 0 atom stereocenters. The molecule has 1 fully saturated rings. The maximum absolute atomic E-state index is 4.30. The minimum Gasteiger partial charge on any atom is -0.691 e. The van der Waals surface area contributed by atoms with Gasteiger partial charge in [-0.2, -0.15) is 11.4 Å². The maximum Gasteiger partial charge on any atom is 2.00 e. The van der Waals surface area contributed by atoms with Gasteiger partial charge in [0.05, 0.1) is 0 Å². The molecule has 0 bridgehead atoms. The molecule has 5 heteroatoms. The number of hydrogen-bond acceptors (Lipinski definition) is 2. The monoisotopic (exact) mass is 337 g/mol. The summed E-state index contributed by atoms with van der Waals surface area (Å²) in [5.74, 6) is 0. The average molecular weight is 338 g/mol. The molecule has 4 nitrogen and oxygen atoms in total. The Morgan fingerprint density at radius 2 is 2.05 bits per heavy atom. The van der Waals surface area contributed by atoms with Gasteiger partial charge in [0.1, 0.15) is 0 Å². The molecule has 0 N–H and O–H groups in total. The molecule has 0 spiro atoms. The number of aliphatic imine (C=N–C) groups is 2. The van der Waals surface area contributed by atoms with E-state index in [0.717, 1.165) is 37.3 Å². The summed E-state index contributed by atoms with van der Waals surface area (Å²) in [6, 6.07) is 0. The summed E-state index contributed by atoms with van der Waals surface area (Å²) >= 11 is 0. The van der Waals surface area contributed by atoms with E-state index in [2.05, 4.69) is 32.8 Å². The van der Waals surface area contributed by atoms with Gasteiger partial charge in [0.15, 0.2) is 0 Å². The van der Waals surface area contributed by atoms with Crippen molar-refractivity contribution >= 4 is 11.4 Å². The third-order valence-electron chi connectivity index (χ3n) is 3.27. The topological polar surface area (TPSA) is 52.9 Å². The summed E-state index contributed by atoms with van der Waals surface area (Å²) in [5, 5.41) is 8.34. The summed E-state index contributed by atoms with van der Waals surface area (Å²) in [7, 11) is 3.61. The molecule has 21 heavy (non-hydrogen) atoms. The van der Waals surface area contributed by atoms with Crippen molar-refractivity contribution in [2.45, 2.75) is 39.5 Å². The first kappa shape index (κ1) is 19.9. The Hall–Kier alpha value is -1.06. The predicted molar refractivity (Wildman–Crippen MR) is 89.2 cm³/mol. The van der Waals surface area contributed by atoms with Crippen LogP contribution in [0.3, 0.4) is 0 Å². The molecule has 1 saturated heterocycles. The standard InChI is InChI=1S/2C8H13N2.Cu/c2*1-7(9-2)6-8-4-3-5-10-8;/h2*6H,3-5H2,1-2H3;/q2*-1;+2/b8-6-,9-7?;7-6-;. The summed E-state index contributed by atoms with van der Waals surface area (Å²) in [4.78, 5) is 8.34. The Kier molecular flexibility index (Phi) is 11.0. The van der Waals surface area contributed by atoms with Crippen molar-refractivity contribution in [1.29, 1.82) is 0 Å². The SMILES string of the molecule is CN=C(C)/C=C1/CCC[N-]1.C[N-]/C(C)=C\C1=NCCC1.[Cu+2]. The van der Waals surface area contributed by atoms with Crippen LogP contribution in [0.4, 0.5) is 0 Å². The first-order valence-corrected chi connectivity index (χ1v) is 7.28. The van der Waals surface area contributed by atoms with Crippen molar-refractivity contribution in [3.63, 3.8) is 0 Å². The number of hydrogen-bond donors (Lipinski definition) is 0. The second-order valence-corrected chi connectivity index (χ2v) is 4.97. The van der Waals surface area contributed by atoms with Crippen molar-refractivity contribution in [2.75, 3.05) is 27.2 Å². The Balaban J connectivity index is 0.000000364. The average Bonchev–Trinajstić information content (AvgIpc) is 3.12. The van der Waals surface area contributed by atoms with E-state index in [1.165, 1.54) is 24.3 Å². The maximum atomic E-state index is 4.30. The molecule has 0 amide bonds. The van der Waals surface area contributed by atoms with E-state index >= 15 is 0 Å². The summed E-state index contributed by atoms with van der Waals surface area (Å²) in [6.45, 7) is 6.01. The van der Waals surface area contributed by atoms with Crippen molar-refractivity contribution in [2.24, 2.45) is 9.98 Å². The van der Waals surface area contributed by atoms with Gasteiger partial charge in [-0.25, -0.2) is 0 Å². The van der Waals surface area contributed by atoms with E-state index in [0.29, 0.717) is 0 Å². The van der Waals surface area contributed by atoms with Crippen LogP contribution >= 0.6 is 0 Å². The summed E-state index contributed by atoms with van der Waals surface area (Å²) in [6.07, 6.45) is 8.81. The fourth-order valence-corrected chi connectivity index (χ4v) is 1.97. The van der Waals surface area contributed by atoms with Gasteiger partial charge in [-0.1, -0.05) is 31.9 Å². The Morgan fingerprint density at radius 1 is 1.29 bits per heavy atom. The van der Waals surface area contributed by atoms with Crippen LogP contribution < -0.4 is 0 Å². The van der Waals surface area contributed by atoms with Crippen LogP contribution in [0.15, 0.2) is 33.5 Å². The van der Waals surface area contributed by atoms with Gasteiger partial charge in [0.2, 0.25) is 0 Å². The first-order chi connectivity index (χ1) is 9.65. The largest absolute Gasteiger partial charge is 2.00 e. The van der Waals surface area contributed by atoms with E-state index in [9.17, 15) is 0 Å². The quantitative estimate of drug-likeness (QED) is 0.546. The van der Waals surface area contributed by atoms with Crippen molar-refractivity contribution < 1.29 is 17.1 Å². The second kappa shape index (κ2) is 11.6. The zero-order chi connectivity index (χ0) is 14.8. The molecule has 0 aliphatic carbocycles. The van der Waals surface area contributed by atoms with Gasteiger partial charge in [-0.15, -0.1) is 13.6 Å². The van der Waals surface area contributed by atoms with Crippen LogP contribution in [0.5, 0.6) is 0 Å². The van der Waals surface area contributed by atoms with E-state index in [-0.39, 0.29) is 17.1 Å². The van der Waals surface area contributed by atoms with E-state index in [1.807, 2.05) is 13.8 Å². The fourth-order valence-electron chi connectivity index (χ4n) is 1.97. The van der Waals surface area contributed by atoms with Crippen LogP contribution in [0.25, 0.3) is 10.6 Å². The van der Waals surface area contributed by atoms with Gasteiger partial charge < -0.3 is 10.6 Å². The molecule has 1 radical (unpaired) electrons. The summed E-state index contributed by atoms with van der Waals surface area (Å²) in [5.41, 5.74) is 4.56. The number of allylic oxidation sites excluding steroid dienone is 4. The molecule has 0 aromatic carbocycles. The van der Waals surface area contributed by atoms with Crippen molar-refractivity contribution in [3.8, 4) is 0 Å². The normalized spacial score (nSPS) is 20.2. The van der Waals surface area contributed by atoms with Gasteiger partial charge in [-0.3, -0.25) is 9.98 Å². The van der Waals surface area contributed by atoms with Crippen molar-refractivity contribution in [1.82, 2.24) is 0 Å². The predicted octanol–water partition coefficient (Wildman–Crippen LogP) is 4.25. The molecule has 2 aliphatic rings. The molecular formula is C16H26CuN4. The third kappa shape index (κ3) is 8.74. The molecule has 2 aliphatic heterocycles. The molecule has 121 valence electrons. The molecule has 2 rings (SSSR count). The molecular weight excluding hydrogens is 312 g/mol. The zero-order valence-electron chi connectivity index (χ0n) is 13.5. The van der Waals surface area contributed by atoms with Gasteiger partial charge in [0, 0.05) is 25.0 Å². The Bertz CT molecular complexity index is 414. The van der Waals surface area contributed by atoms with Crippen molar-refractivity contribution in [3.05, 3.63) is 34.2 Å². The van der Waals surface area contributed by atoms with E-state index < -0.39 is 0 Å². The van der Waals surface area contributed by atoms with Crippen LogP contribution in [0.2, 0.25) is 0 Å². The van der Waals surface area contributed by atoms with Crippen LogP contribution in [0.1, 0.15) is 39.5 Å². The summed E-state index contributed by atoms with van der Waals surface area (Å²) < 4.78 is 0. The van der Waals surface area contributed by atoms with Crippen LogP contribution in [-0.4, -0.2) is 38.6 Å². The van der Waals surface area contributed by atoms with Crippen LogP contribution in [-0.2, 0) is 17.1 Å². The fraction of sp³-hybridized carbons (Fsp3) is 0.625. The molecule has 2 heterocycles. The van der Waals surface area contributed by atoms with Gasteiger partial charge in [-0.05, 0) is 19.8 Å². The molecule has 0 aromatic rings. The molecule has 0 aromatic heterocycles. The molecule has 0 unspecified atom stereocenters. The Morgan fingerprint density at radius 3 is 2.52 bits per heavy atom. The smallest absolute Gasteiger partial charge is 0.691 e. The molecule has 0 saturated carbocycles. The third-order valence-corrected chi connectivity index (χ3v) is 3.27. The Labute approximate surface area is 139 Å². The number of rotatable bonds is 3. The van der Waals surface area contributed by atoms with Gasteiger partial charge in [0.25, 0.3) is 0 Å².